The maximum absolute atomic E-state index is 5.10. The lowest BCUT2D eigenvalue weighted by atomic mass is 10.3. The Labute approximate surface area is 82.6 Å². The van der Waals surface area contributed by atoms with Gasteiger partial charge in [0.15, 0.2) is 0 Å². The predicted octanol–water partition coefficient (Wildman–Crippen LogP) is 1.46. The number of hydroxylamine groups is 1. The molecule has 1 rings (SSSR count). The van der Waals surface area contributed by atoms with Crippen LogP contribution in [-0.4, -0.2) is 26.9 Å². The van der Waals surface area contributed by atoms with Gasteiger partial charge >= 0.3 is 0 Å². The average molecular weight is 201 g/mol. The zero-order chi connectivity index (χ0) is 9.36. The van der Waals surface area contributed by atoms with Gasteiger partial charge < -0.3 is 4.74 Å². The van der Waals surface area contributed by atoms with Gasteiger partial charge in [-0.1, -0.05) is 6.07 Å². The minimum atomic E-state index is 0.598. The molecule has 0 aliphatic rings. The molecule has 0 bridgehead atoms. The fourth-order valence-electron chi connectivity index (χ4n) is 0.898. The molecule has 0 fully saturated rings. The summed E-state index contributed by atoms with van der Waals surface area (Å²) in [6.45, 7) is 2.08. The van der Waals surface area contributed by atoms with Crippen molar-refractivity contribution < 1.29 is 9.57 Å². The minimum Gasteiger partial charge on any atom is -0.382 e. The Kier molecular flexibility index (Phi) is 5.76. The number of nitrogens with one attached hydrogen (secondary N) is 1. The third kappa shape index (κ3) is 5.00. The van der Waals surface area contributed by atoms with Gasteiger partial charge in [0, 0.05) is 18.5 Å². The molecule has 4 heteroatoms. The number of rotatable bonds is 7. The Bertz CT molecular complexity index is 201. The van der Waals surface area contributed by atoms with Crippen LogP contribution in [0.5, 0.6) is 0 Å². The van der Waals surface area contributed by atoms with E-state index in [1.54, 1.807) is 18.4 Å². The monoisotopic (exact) mass is 201 g/mol. The van der Waals surface area contributed by atoms with E-state index >= 15 is 0 Å². The Morgan fingerprint density at radius 1 is 1.46 bits per heavy atom. The van der Waals surface area contributed by atoms with Crippen LogP contribution in [0.15, 0.2) is 17.5 Å². The molecule has 0 aliphatic heterocycles. The van der Waals surface area contributed by atoms with Crippen LogP contribution in [0.3, 0.4) is 0 Å². The van der Waals surface area contributed by atoms with Crippen molar-refractivity contribution in [1.82, 2.24) is 5.48 Å². The molecule has 0 radical (unpaired) electrons. The van der Waals surface area contributed by atoms with Crippen LogP contribution in [0.4, 0.5) is 0 Å². The summed E-state index contributed by atoms with van der Waals surface area (Å²) in [4.78, 5) is 6.48. The third-order valence-corrected chi connectivity index (χ3v) is 2.48. The van der Waals surface area contributed by atoms with E-state index in [9.17, 15) is 0 Å². The minimum absolute atomic E-state index is 0.598. The summed E-state index contributed by atoms with van der Waals surface area (Å²) >= 11 is 1.77. The van der Waals surface area contributed by atoms with Gasteiger partial charge in [-0.3, -0.25) is 4.84 Å². The van der Waals surface area contributed by atoms with Crippen LogP contribution >= 0.6 is 11.3 Å². The molecular weight excluding hydrogens is 186 g/mol. The first kappa shape index (κ1) is 10.7. The Morgan fingerprint density at radius 2 is 2.38 bits per heavy atom. The average Bonchev–Trinajstić information content (AvgIpc) is 2.63. The molecule has 0 unspecified atom stereocenters. The quantitative estimate of drug-likeness (QED) is 0.535. The van der Waals surface area contributed by atoms with E-state index in [4.69, 9.17) is 9.57 Å². The van der Waals surface area contributed by atoms with Crippen LogP contribution in [-0.2, 0) is 16.0 Å². The highest BCUT2D eigenvalue weighted by Gasteiger charge is 1.92. The van der Waals surface area contributed by atoms with E-state index in [2.05, 4.69) is 23.0 Å². The summed E-state index contributed by atoms with van der Waals surface area (Å²) in [5.41, 5.74) is 2.89. The Hall–Kier alpha value is -0.420. The largest absolute Gasteiger partial charge is 0.382 e. The molecule has 0 amide bonds. The van der Waals surface area contributed by atoms with Crippen molar-refractivity contribution in [3.8, 4) is 0 Å². The third-order valence-electron chi connectivity index (χ3n) is 1.55. The number of thiophene rings is 1. The number of hydrogen-bond donors (Lipinski definition) is 1. The summed E-state index contributed by atoms with van der Waals surface area (Å²) in [6.07, 6.45) is 1.02. The molecule has 1 heterocycles. The molecule has 0 aliphatic carbocycles. The van der Waals surface area contributed by atoms with Gasteiger partial charge in [0.1, 0.15) is 0 Å². The highest BCUT2D eigenvalue weighted by atomic mass is 32.1. The summed E-state index contributed by atoms with van der Waals surface area (Å²) < 4.78 is 4.83. The second-order valence-electron chi connectivity index (χ2n) is 2.56. The number of ether oxygens (including phenoxy) is 1. The van der Waals surface area contributed by atoms with E-state index in [1.807, 2.05) is 0 Å². The highest BCUT2D eigenvalue weighted by Crippen LogP contribution is 2.07. The van der Waals surface area contributed by atoms with Gasteiger partial charge in [0.05, 0.1) is 13.2 Å². The molecule has 1 N–H and O–H groups in total. The summed E-state index contributed by atoms with van der Waals surface area (Å²) in [5.74, 6) is 0. The van der Waals surface area contributed by atoms with E-state index in [-0.39, 0.29) is 0 Å². The molecule has 0 saturated carbocycles. The zero-order valence-corrected chi connectivity index (χ0v) is 8.60. The molecule has 3 nitrogen and oxygen atoms in total. The second kappa shape index (κ2) is 7.03. The van der Waals surface area contributed by atoms with Gasteiger partial charge in [-0.05, 0) is 17.9 Å². The second-order valence-corrected chi connectivity index (χ2v) is 3.60. The van der Waals surface area contributed by atoms with Gasteiger partial charge in [-0.25, -0.2) is 5.48 Å². The van der Waals surface area contributed by atoms with E-state index in [0.717, 1.165) is 13.0 Å². The van der Waals surface area contributed by atoms with Crippen molar-refractivity contribution >= 4 is 11.3 Å². The highest BCUT2D eigenvalue weighted by molar-refractivity contribution is 7.09. The molecule has 1 aromatic rings. The van der Waals surface area contributed by atoms with E-state index in [1.165, 1.54) is 4.88 Å². The lowest BCUT2D eigenvalue weighted by molar-refractivity contribution is 0.00767. The first-order valence-corrected chi connectivity index (χ1v) is 5.17. The van der Waals surface area contributed by atoms with Gasteiger partial charge in [-0.15, -0.1) is 11.3 Å². The lowest BCUT2D eigenvalue weighted by Crippen LogP contribution is -2.19. The molecule has 0 saturated heterocycles. The topological polar surface area (TPSA) is 30.5 Å². The molecular formula is C9H15NO2S. The fraction of sp³-hybridized carbons (Fsp3) is 0.556. The van der Waals surface area contributed by atoms with Crippen molar-refractivity contribution in [2.75, 3.05) is 26.9 Å². The number of hydrogen-bond acceptors (Lipinski definition) is 4. The van der Waals surface area contributed by atoms with Crippen molar-refractivity contribution in [2.45, 2.75) is 6.42 Å². The van der Waals surface area contributed by atoms with Crippen molar-refractivity contribution in [3.05, 3.63) is 22.4 Å². The molecule has 0 spiro atoms. The van der Waals surface area contributed by atoms with Crippen LogP contribution in [0, 0.1) is 0 Å². The molecule has 0 atom stereocenters. The van der Waals surface area contributed by atoms with E-state index in [0.29, 0.717) is 13.2 Å². The number of methoxy groups -OCH3 is 1. The summed E-state index contributed by atoms with van der Waals surface area (Å²) in [5, 5.41) is 2.08. The normalized spacial score (nSPS) is 10.5. The predicted molar refractivity (Wildman–Crippen MR) is 53.9 cm³/mol. The van der Waals surface area contributed by atoms with Gasteiger partial charge in [0.25, 0.3) is 0 Å². The first-order valence-electron chi connectivity index (χ1n) is 4.29. The maximum Gasteiger partial charge on any atom is 0.0915 e. The van der Waals surface area contributed by atoms with Crippen molar-refractivity contribution in [2.24, 2.45) is 0 Å². The zero-order valence-electron chi connectivity index (χ0n) is 7.79. The lowest BCUT2D eigenvalue weighted by Gasteiger charge is -2.03. The standard InChI is InChI=1S/C9H15NO2S/c1-11-6-7-12-10-5-4-9-3-2-8-13-9/h2-3,8,10H,4-7H2,1H3. The van der Waals surface area contributed by atoms with Crippen molar-refractivity contribution in [1.29, 1.82) is 0 Å². The SMILES string of the molecule is COCCONCCc1cccs1. The van der Waals surface area contributed by atoms with Gasteiger partial charge in [0.2, 0.25) is 0 Å². The molecule has 0 aromatic carbocycles. The summed E-state index contributed by atoms with van der Waals surface area (Å²) in [6, 6.07) is 4.19. The van der Waals surface area contributed by atoms with E-state index < -0.39 is 0 Å². The van der Waals surface area contributed by atoms with Crippen molar-refractivity contribution in [3.63, 3.8) is 0 Å². The Balaban J connectivity index is 1.90. The van der Waals surface area contributed by atoms with Crippen LogP contribution in [0.1, 0.15) is 4.88 Å². The first-order chi connectivity index (χ1) is 6.43. The van der Waals surface area contributed by atoms with Crippen LogP contribution in [0.25, 0.3) is 0 Å². The molecule has 13 heavy (non-hydrogen) atoms. The maximum atomic E-state index is 5.10. The van der Waals surface area contributed by atoms with Gasteiger partial charge in [-0.2, -0.15) is 0 Å². The summed E-state index contributed by atoms with van der Waals surface area (Å²) in [7, 11) is 1.66. The van der Waals surface area contributed by atoms with Crippen LogP contribution < -0.4 is 5.48 Å². The Morgan fingerprint density at radius 3 is 3.08 bits per heavy atom. The smallest absolute Gasteiger partial charge is 0.0915 e. The molecule has 1 aromatic heterocycles. The fourth-order valence-corrected chi connectivity index (χ4v) is 1.61. The van der Waals surface area contributed by atoms with Crippen LogP contribution in [0.2, 0.25) is 0 Å². The molecule has 74 valence electrons.